The van der Waals surface area contributed by atoms with E-state index in [-0.39, 0.29) is 12.3 Å². The molecule has 3 amide bonds. The number of hydrogen-bond acceptors (Lipinski definition) is 6. The fourth-order valence-electron chi connectivity index (χ4n) is 3.55. The maximum absolute atomic E-state index is 12.7. The quantitative estimate of drug-likeness (QED) is 0.542. The van der Waals surface area contributed by atoms with Gasteiger partial charge in [0.25, 0.3) is 0 Å². The minimum Gasteiger partial charge on any atom is -0.497 e. The molecule has 0 bridgehead atoms. The van der Waals surface area contributed by atoms with Crippen LogP contribution < -0.4 is 20.3 Å². The number of nitrogens with one attached hydrogen (secondary N) is 2. The number of piperazine rings is 1. The Kier molecular flexibility index (Phi) is 7.31. The van der Waals surface area contributed by atoms with Crippen LogP contribution in [0.4, 0.5) is 21.3 Å². The lowest BCUT2D eigenvalue weighted by Gasteiger charge is -2.36. The first-order valence-corrected chi connectivity index (χ1v) is 11.7. The second-order valence-corrected chi connectivity index (χ2v) is 8.77. The molecule has 1 aliphatic heterocycles. The molecule has 3 aromatic rings. The lowest BCUT2D eigenvalue weighted by Crippen LogP contribution is -2.49. The summed E-state index contributed by atoms with van der Waals surface area (Å²) in [6.07, 6.45) is 0.205. The number of ether oxygens (including phenoxy) is 1. The van der Waals surface area contributed by atoms with Gasteiger partial charge in [0.05, 0.1) is 19.2 Å². The molecular weight excluding hydrogens is 462 g/mol. The van der Waals surface area contributed by atoms with Gasteiger partial charge in [-0.1, -0.05) is 17.7 Å². The highest BCUT2D eigenvalue weighted by atomic mass is 35.5. The molecule has 33 heavy (non-hydrogen) atoms. The van der Waals surface area contributed by atoms with E-state index in [0.717, 1.165) is 24.5 Å². The number of hydrogen-bond donors (Lipinski definition) is 2. The molecule has 1 fully saturated rings. The highest BCUT2D eigenvalue weighted by Crippen LogP contribution is 2.22. The van der Waals surface area contributed by atoms with E-state index < -0.39 is 6.03 Å². The van der Waals surface area contributed by atoms with Crippen molar-refractivity contribution >= 4 is 51.4 Å². The largest absolute Gasteiger partial charge is 0.497 e. The summed E-state index contributed by atoms with van der Waals surface area (Å²) in [6, 6.07) is 14.4. The third-order valence-corrected chi connectivity index (χ3v) is 6.30. The minimum absolute atomic E-state index is 0.0320. The van der Waals surface area contributed by atoms with Gasteiger partial charge in [-0.25, -0.2) is 9.78 Å². The number of urea groups is 1. The zero-order valence-corrected chi connectivity index (χ0v) is 19.7. The summed E-state index contributed by atoms with van der Waals surface area (Å²) >= 11 is 7.21. The normalized spacial score (nSPS) is 13.5. The molecule has 1 aromatic heterocycles. The summed E-state index contributed by atoms with van der Waals surface area (Å²) in [7, 11) is 1.65. The van der Waals surface area contributed by atoms with Crippen LogP contribution >= 0.6 is 22.9 Å². The van der Waals surface area contributed by atoms with Crippen LogP contribution in [0.1, 0.15) is 5.69 Å². The van der Waals surface area contributed by atoms with Crippen molar-refractivity contribution in [2.24, 2.45) is 0 Å². The molecule has 2 heterocycles. The van der Waals surface area contributed by atoms with Crippen molar-refractivity contribution in [3.8, 4) is 5.75 Å². The summed E-state index contributed by atoms with van der Waals surface area (Å²) in [4.78, 5) is 33.4. The lowest BCUT2D eigenvalue weighted by atomic mass is 10.2. The molecule has 2 N–H and O–H groups in total. The van der Waals surface area contributed by atoms with Crippen LogP contribution in [0.15, 0.2) is 53.9 Å². The van der Waals surface area contributed by atoms with Crippen molar-refractivity contribution in [3.63, 3.8) is 0 Å². The fraction of sp³-hybridized carbons (Fsp3) is 0.261. The molecule has 1 saturated heterocycles. The standard InChI is InChI=1S/C23H24ClN5O3S/c1-32-20-7-5-19(6-8-20)28-9-11-29(12-10-28)21(30)14-18-15-33-23(26-18)27-22(31)25-17-4-2-3-16(24)13-17/h2-8,13,15H,9-12,14H2,1H3,(H2,25,26,27,31). The van der Waals surface area contributed by atoms with Crippen LogP contribution in [0, 0.1) is 0 Å². The number of nitrogens with zero attached hydrogens (tertiary/aromatic N) is 3. The van der Waals surface area contributed by atoms with Crippen LogP contribution in [0.25, 0.3) is 0 Å². The minimum atomic E-state index is -0.417. The molecule has 2 aromatic carbocycles. The number of carbonyl (C=O) groups is 2. The first kappa shape index (κ1) is 22.9. The first-order valence-electron chi connectivity index (χ1n) is 10.4. The first-order chi connectivity index (χ1) is 16.0. The number of thiazole rings is 1. The van der Waals surface area contributed by atoms with Crippen molar-refractivity contribution < 1.29 is 14.3 Å². The van der Waals surface area contributed by atoms with E-state index in [0.29, 0.717) is 34.6 Å². The average Bonchev–Trinajstić information content (AvgIpc) is 3.25. The van der Waals surface area contributed by atoms with Crippen LogP contribution in [0.2, 0.25) is 5.02 Å². The molecule has 0 saturated carbocycles. The number of methoxy groups -OCH3 is 1. The topological polar surface area (TPSA) is 86.8 Å². The van der Waals surface area contributed by atoms with E-state index in [1.54, 1.807) is 36.8 Å². The molecule has 172 valence electrons. The van der Waals surface area contributed by atoms with E-state index in [2.05, 4.69) is 20.5 Å². The van der Waals surface area contributed by atoms with Crippen molar-refractivity contribution in [2.75, 3.05) is 48.8 Å². The Morgan fingerprint density at radius 2 is 1.85 bits per heavy atom. The third-order valence-electron chi connectivity index (χ3n) is 5.26. The summed E-state index contributed by atoms with van der Waals surface area (Å²) in [5, 5.41) is 8.15. The molecule has 0 spiro atoms. The molecule has 0 aliphatic carbocycles. The molecule has 1 aliphatic rings. The van der Waals surface area contributed by atoms with Gasteiger partial charge in [-0.05, 0) is 42.5 Å². The average molecular weight is 486 g/mol. The van der Waals surface area contributed by atoms with Crippen molar-refractivity contribution in [1.29, 1.82) is 0 Å². The SMILES string of the molecule is COc1ccc(N2CCN(C(=O)Cc3csc(NC(=O)Nc4cccc(Cl)c4)n3)CC2)cc1. The summed E-state index contributed by atoms with van der Waals surface area (Å²) in [6.45, 7) is 2.85. The van der Waals surface area contributed by atoms with E-state index in [9.17, 15) is 9.59 Å². The predicted octanol–water partition coefficient (Wildman–Crippen LogP) is 4.34. The van der Waals surface area contributed by atoms with Crippen molar-refractivity contribution in [1.82, 2.24) is 9.88 Å². The van der Waals surface area contributed by atoms with Crippen LogP contribution in [0.3, 0.4) is 0 Å². The Hall–Kier alpha value is -3.30. The van der Waals surface area contributed by atoms with E-state index in [1.807, 2.05) is 29.2 Å². The van der Waals surface area contributed by atoms with Gasteiger partial charge in [-0.2, -0.15) is 0 Å². The number of rotatable bonds is 6. The van der Waals surface area contributed by atoms with Crippen molar-refractivity contribution in [3.05, 3.63) is 64.6 Å². The van der Waals surface area contributed by atoms with Gasteiger partial charge in [0, 0.05) is 48.0 Å². The molecule has 10 heteroatoms. The number of anilines is 3. The van der Waals surface area contributed by atoms with E-state index in [1.165, 1.54) is 11.3 Å². The van der Waals surface area contributed by atoms with Gasteiger partial charge in [-0.15, -0.1) is 11.3 Å². The number of halogens is 1. The summed E-state index contributed by atoms with van der Waals surface area (Å²) < 4.78 is 5.21. The number of amides is 3. The Morgan fingerprint density at radius 3 is 2.55 bits per heavy atom. The maximum Gasteiger partial charge on any atom is 0.325 e. The van der Waals surface area contributed by atoms with Gasteiger partial charge in [0.1, 0.15) is 5.75 Å². The smallest absolute Gasteiger partial charge is 0.325 e. The zero-order chi connectivity index (χ0) is 23.2. The second-order valence-electron chi connectivity index (χ2n) is 7.48. The third kappa shape index (κ3) is 6.15. The van der Waals surface area contributed by atoms with E-state index >= 15 is 0 Å². The van der Waals surface area contributed by atoms with Gasteiger partial charge < -0.3 is 19.9 Å². The number of carbonyl (C=O) groups excluding carboxylic acids is 2. The van der Waals surface area contributed by atoms with Crippen LogP contribution in [-0.4, -0.2) is 55.1 Å². The molecule has 0 unspecified atom stereocenters. The number of aromatic nitrogens is 1. The Balaban J connectivity index is 1.25. The Morgan fingerprint density at radius 1 is 1.09 bits per heavy atom. The Labute approximate surface area is 201 Å². The predicted molar refractivity (Wildman–Crippen MR) is 132 cm³/mol. The van der Waals surface area contributed by atoms with Crippen LogP contribution in [0.5, 0.6) is 5.75 Å². The monoisotopic (exact) mass is 485 g/mol. The fourth-order valence-corrected chi connectivity index (χ4v) is 4.44. The van der Waals surface area contributed by atoms with Gasteiger partial charge in [-0.3, -0.25) is 10.1 Å². The molecule has 8 nitrogen and oxygen atoms in total. The second kappa shape index (κ2) is 10.5. The van der Waals surface area contributed by atoms with Crippen LogP contribution in [-0.2, 0) is 11.2 Å². The van der Waals surface area contributed by atoms with Gasteiger partial charge >= 0.3 is 6.03 Å². The van der Waals surface area contributed by atoms with Gasteiger partial charge in [0.15, 0.2) is 5.13 Å². The summed E-state index contributed by atoms with van der Waals surface area (Å²) in [5.41, 5.74) is 2.34. The molecule has 0 atom stereocenters. The number of benzene rings is 2. The maximum atomic E-state index is 12.7. The highest BCUT2D eigenvalue weighted by molar-refractivity contribution is 7.14. The van der Waals surface area contributed by atoms with Gasteiger partial charge in [0.2, 0.25) is 5.91 Å². The van der Waals surface area contributed by atoms with E-state index in [4.69, 9.17) is 16.3 Å². The Bertz CT molecular complexity index is 1110. The summed E-state index contributed by atoms with van der Waals surface area (Å²) in [5.74, 6) is 0.858. The lowest BCUT2D eigenvalue weighted by molar-refractivity contribution is -0.130. The van der Waals surface area contributed by atoms with Crippen molar-refractivity contribution in [2.45, 2.75) is 6.42 Å². The highest BCUT2D eigenvalue weighted by Gasteiger charge is 2.22. The molecule has 0 radical (unpaired) electrons. The zero-order valence-electron chi connectivity index (χ0n) is 18.1. The molecule has 4 rings (SSSR count). The molecular formula is C23H24ClN5O3S.